The summed E-state index contributed by atoms with van der Waals surface area (Å²) >= 11 is 0. The Morgan fingerprint density at radius 3 is 2.12 bits per heavy atom. The van der Waals surface area contributed by atoms with Crippen molar-refractivity contribution in [3.8, 4) is 0 Å². The maximum absolute atomic E-state index is 12.6. The highest BCUT2D eigenvalue weighted by atomic mass is 28.4. The van der Waals surface area contributed by atoms with E-state index in [2.05, 4.69) is 72.7 Å². The van der Waals surface area contributed by atoms with Gasteiger partial charge in [0.2, 0.25) is 0 Å². The molecule has 0 aromatic carbocycles. The maximum atomic E-state index is 12.6. The van der Waals surface area contributed by atoms with Gasteiger partial charge in [0.25, 0.3) is 5.56 Å². The Hall–Kier alpha value is -1.05. The summed E-state index contributed by atoms with van der Waals surface area (Å²) in [5.74, 6) is 0. The molecular formula is C22H40N2O6Si2. The van der Waals surface area contributed by atoms with E-state index in [1.54, 1.807) is 0 Å². The lowest BCUT2D eigenvalue weighted by Crippen LogP contribution is -2.51. The number of hydrogen-bond donors (Lipinski definition) is 1. The van der Waals surface area contributed by atoms with E-state index in [1.807, 2.05) is 0 Å². The number of ether oxygens (including phenoxy) is 2. The highest BCUT2D eigenvalue weighted by molar-refractivity contribution is 6.74. The van der Waals surface area contributed by atoms with Gasteiger partial charge in [-0.25, -0.2) is 4.79 Å². The normalized spacial score (nSPS) is 29.0. The second-order valence-electron chi connectivity index (χ2n) is 12.1. The third-order valence-corrected chi connectivity index (χ3v) is 16.8. The molecule has 0 bridgehead atoms. The molecule has 182 valence electrons. The maximum Gasteiger partial charge on any atom is 0.330 e. The third-order valence-electron chi connectivity index (χ3n) is 7.82. The van der Waals surface area contributed by atoms with Gasteiger partial charge in [0.15, 0.2) is 22.9 Å². The molecule has 2 aliphatic heterocycles. The first kappa shape index (κ1) is 25.6. The molecule has 0 unspecified atom stereocenters. The lowest BCUT2D eigenvalue weighted by molar-refractivity contribution is -0.0498. The van der Waals surface area contributed by atoms with Gasteiger partial charge in [-0.1, -0.05) is 41.5 Å². The van der Waals surface area contributed by atoms with Crippen LogP contribution in [0.25, 0.3) is 0 Å². The molecule has 3 heterocycles. The van der Waals surface area contributed by atoms with Gasteiger partial charge in [0.05, 0.1) is 13.2 Å². The fourth-order valence-electron chi connectivity index (χ4n) is 3.39. The Kier molecular flexibility index (Phi) is 6.41. The number of aromatic amines is 1. The minimum absolute atomic E-state index is 0.0285. The minimum Gasteiger partial charge on any atom is -0.414 e. The first-order valence-corrected chi connectivity index (χ1v) is 17.2. The molecule has 0 saturated carbocycles. The Morgan fingerprint density at radius 2 is 1.66 bits per heavy atom. The number of nitrogens with one attached hydrogen (secondary N) is 1. The number of hydrogen-bond acceptors (Lipinski definition) is 6. The van der Waals surface area contributed by atoms with Crippen LogP contribution in [0.4, 0.5) is 0 Å². The van der Waals surface area contributed by atoms with Crippen molar-refractivity contribution in [2.24, 2.45) is 0 Å². The van der Waals surface area contributed by atoms with E-state index in [-0.39, 0.29) is 16.2 Å². The van der Waals surface area contributed by atoms with Crippen molar-refractivity contribution in [3.63, 3.8) is 0 Å². The number of epoxide rings is 1. The molecule has 0 radical (unpaired) electrons. The monoisotopic (exact) mass is 484 g/mol. The van der Waals surface area contributed by atoms with Gasteiger partial charge >= 0.3 is 5.69 Å². The van der Waals surface area contributed by atoms with Gasteiger partial charge in [0, 0.05) is 12.3 Å². The molecule has 4 atom stereocenters. The molecule has 32 heavy (non-hydrogen) atoms. The summed E-state index contributed by atoms with van der Waals surface area (Å²) < 4.78 is 27.2. The van der Waals surface area contributed by atoms with Crippen LogP contribution in [-0.4, -0.2) is 57.2 Å². The lowest BCUT2D eigenvalue weighted by atomic mass is 9.99. The van der Waals surface area contributed by atoms with E-state index in [9.17, 15) is 9.59 Å². The average Bonchev–Trinajstić information content (AvgIpc) is 3.35. The van der Waals surface area contributed by atoms with Crippen LogP contribution in [-0.2, 0) is 18.3 Å². The zero-order valence-electron chi connectivity index (χ0n) is 21.2. The third kappa shape index (κ3) is 4.62. The zero-order chi connectivity index (χ0) is 24.3. The predicted octanol–water partition coefficient (Wildman–Crippen LogP) is 3.62. The van der Waals surface area contributed by atoms with Gasteiger partial charge in [-0.15, -0.1) is 0 Å². The van der Waals surface area contributed by atoms with Crippen molar-refractivity contribution >= 4 is 16.6 Å². The molecule has 1 N–H and O–H groups in total. The molecule has 0 amide bonds. The number of nitrogens with zero attached hydrogens (tertiary/aromatic N) is 1. The van der Waals surface area contributed by atoms with Gasteiger partial charge in [-0.3, -0.25) is 14.3 Å². The van der Waals surface area contributed by atoms with Crippen LogP contribution in [0.3, 0.4) is 0 Å². The molecule has 1 spiro atoms. The van der Waals surface area contributed by atoms with Crippen molar-refractivity contribution in [1.82, 2.24) is 9.55 Å². The number of rotatable bonds is 6. The first-order valence-electron chi connectivity index (χ1n) is 11.3. The smallest absolute Gasteiger partial charge is 0.330 e. The summed E-state index contributed by atoms with van der Waals surface area (Å²) in [5.41, 5.74) is -1.62. The Morgan fingerprint density at radius 1 is 1.09 bits per heavy atom. The van der Waals surface area contributed by atoms with Crippen molar-refractivity contribution in [3.05, 3.63) is 33.1 Å². The second-order valence-corrected chi connectivity index (χ2v) is 21.7. The van der Waals surface area contributed by atoms with Gasteiger partial charge in [0.1, 0.15) is 17.8 Å². The Labute approximate surface area is 192 Å². The molecule has 3 rings (SSSR count). The van der Waals surface area contributed by atoms with Crippen LogP contribution >= 0.6 is 0 Å². The molecule has 1 aromatic heterocycles. The summed E-state index contributed by atoms with van der Waals surface area (Å²) in [7, 11) is -4.23. The Balaban J connectivity index is 1.96. The minimum atomic E-state index is -2.22. The van der Waals surface area contributed by atoms with Crippen molar-refractivity contribution in [2.75, 3.05) is 13.2 Å². The summed E-state index contributed by atoms with van der Waals surface area (Å²) in [5, 5.41) is 0.0365. The summed E-state index contributed by atoms with van der Waals surface area (Å²) in [6, 6.07) is 1.33. The van der Waals surface area contributed by atoms with E-state index in [1.165, 1.54) is 16.8 Å². The molecule has 2 fully saturated rings. The molecule has 8 nitrogen and oxygen atoms in total. The van der Waals surface area contributed by atoms with Crippen LogP contribution in [0.1, 0.15) is 47.8 Å². The van der Waals surface area contributed by atoms with Crippen LogP contribution < -0.4 is 11.2 Å². The molecule has 10 heteroatoms. The summed E-state index contributed by atoms with van der Waals surface area (Å²) in [6.07, 6.45) is -0.0692. The zero-order valence-corrected chi connectivity index (χ0v) is 23.2. The van der Waals surface area contributed by atoms with Crippen molar-refractivity contribution in [1.29, 1.82) is 0 Å². The van der Waals surface area contributed by atoms with Crippen LogP contribution in [0.2, 0.25) is 36.3 Å². The van der Waals surface area contributed by atoms with Crippen molar-refractivity contribution < 1.29 is 18.3 Å². The SMILES string of the molecule is CC(C)(C)[Si](C)(C)OC[C@H]1O[C@@H](n2ccc(=O)[nH]c2=O)[C@H](O[Si](C)(C)C(C)(C)C)[C@@]12CO2. The first-order chi connectivity index (χ1) is 14.4. The molecule has 1 aromatic rings. The molecule has 2 saturated heterocycles. The topological polar surface area (TPSA) is 95.1 Å². The fourth-order valence-corrected chi connectivity index (χ4v) is 5.69. The highest BCUT2D eigenvalue weighted by Gasteiger charge is 2.68. The molecule has 2 aliphatic rings. The second kappa shape index (κ2) is 8.02. The molecule has 0 aliphatic carbocycles. The van der Waals surface area contributed by atoms with Gasteiger partial charge < -0.3 is 18.3 Å². The average molecular weight is 485 g/mol. The van der Waals surface area contributed by atoms with Crippen LogP contribution in [0.5, 0.6) is 0 Å². The quantitative estimate of drug-likeness (QED) is 0.489. The van der Waals surface area contributed by atoms with E-state index in [0.717, 1.165) is 0 Å². The lowest BCUT2D eigenvalue weighted by Gasteiger charge is -2.40. The summed E-state index contributed by atoms with van der Waals surface area (Å²) in [4.78, 5) is 26.6. The number of aromatic nitrogens is 2. The van der Waals surface area contributed by atoms with Crippen molar-refractivity contribution in [2.45, 2.75) is 102 Å². The largest absolute Gasteiger partial charge is 0.414 e. The van der Waals surface area contributed by atoms with E-state index in [0.29, 0.717) is 13.2 Å². The van der Waals surface area contributed by atoms with Crippen LogP contribution in [0.15, 0.2) is 21.9 Å². The summed E-state index contributed by atoms with van der Waals surface area (Å²) in [6.45, 7) is 22.8. The number of H-pyrrole nitrogens is 1. The fraction of sp³-hybridized carbons (Fsp3) is 0.818. The highest BCUT2D eigenvalue weighted by Crippen LogP contribution is 2.52. The standard InChI is InChI=1S/C22H40N2O6Si2/c1-20(2,3)31(7,8)28-13-15-22(14-27-22)17(30-32(9,10)21(4,5)6)18(29-15)24-12-11-16(25)23-19(24)26/h11-12,15,17-18H,13-14H2,1-10H3,(H,23,25,26)/t15-,17+,18-,22-/m1/s1. The van der Waals surface area contributed by atoms with E-state index >= 15 is 0 Å². The molecular weight excluding hydrogens is 444 g/mol. The van der Waals surface area contributed by atoms with E-state index in [4.69, 9.17) is 18.3 Å². The van der Waals surface area contributed by atoms with Crippen LogP contribution in [0, 0.1) is 0 Å². The van der Waals surface area contributed by atoms with Gasteiger partial charge in [-0.2, -0.15) is 0 Å². The van der Waals surface area contributed by atoms with E-state index < -0.39 is 45.8 Å². The van der Waals surface area contributed by atoms with Gasteiger partial charge in [-0.05, 0) is 36.3 Å². The Bertz CT molecular complexity index is 953. The predicted molar refractivity (Wildman–Crippen MR) is 129 cm³/mol.